The van der Waals surface area contributed by atoms with Crippen molar-refractivity contribution in [2.24, 2.45) is 0 Å². The van der Waals surface area contributed by atoms with Gasteiger partial charge in [-0.2, -0.15) is 0 Å². The molecule has 2 aromatic carbocycles. The van der Waals surface area contributed by atoms with Crippen molar-refractivity contribution in [2.45, 2.75) is 6.42 Å². The van der Waals surface area contributed by atoms with E-state index in [1.807, 2.05) is 36.4 Å². The number of para-hydroxylation sites is 2. The van der Waals surface area contributed by atoms with E-state index in [1.165, 1.54) is 0 Å². The van der Waals surface area contributed by atoms with Crippen LogP contribution in [0.15, 0.2) is 48.5 Å². The van der Waals surface area contributed by atoms with Crippen LogP contribution in [0.4, 0.5) is 11.4 Å². The van der Waals surface area contributed by atoms with Crippen LogP contribution < -0.4 is 9.64 Å². The van der Waals surface area contributed by atoms with Gasteiger partial charge in [-0.15, -0.1) is 0 Å². The summed E-state index contributed by atoms with van der Waals surface area (Å²) in [6, 6.07) is 14.8. The van der Waals surface area contributed by atoms with Crippen molar-refractivity contribution in [3.63, 3.8) is 0 Å². The van der Waals surface area contributed by atoms with E-state index in [0.717, 1.165) is 30.1 Å². The highest BCUT2D eigenvalue weighted by Gasteiger charge is 2.17. The predicted molar refractivity (Wildman–Crippen MR) is 77.0 cm³/mol. The number of hydrogen-bond acceptors (Lipinski definition) is 3. The summed E-state index contributed by atoms with van der Waals surface area (Å²) in [5, 5.41) is 8.96. The second kappa shape index (κ2) is 5.25. The number of fused-ring (bicyclic) bond motifs is 1. The molecule has 0 unspecified atom stereocenters. The normalized spacial score (nSPS) is 14.1. The SMILES string of the molecule is O=C(O)c1ccc(N2CCCOc3ccccc32)cc1. The van der Waals surface area contributed by atoms with E-state index in [0.29, 0.717) is 12.2 Å². The van der Waals surface area contributed by atoms with Gasteiger partial charge >= 0.3 is 5.97 Å². The zero-order chi connectivity index (χ0) is 13.9. The van der Waals surface area contributed by atoms with E-state index < -0.39 is 5.97 Å². The molecule has 4 heteroatoms. The average Bonchev–Trinajstić information content (AvgIpc) is 2.69. The van der Waals surface area contributed by atoms with Crippen molar-refractivity contribution >= 4 is 17.3 Å². The van der Waals surface area contributed by atoms with E-state index in [1.54, 1.807) is 12.1 Å². The molecule has 1 N–H and O–H groups in total. The highest BCUT2D eigenvalue weighted by atomic mass is 16.5. The third-order valence-corrected chi connectivity index (χ3v) is 3.37. The minimum absolute atomic E-state index is 0.299. The quantitative estimate of drug-likeness (QED) is 0.908. The Labute approximate surface area is 117 Å². The molecule has 102 valence electrons. The molecule has 0 fully saturated rings. The molecule has 1 aliphatic heterocycles. The molecule has 3 rings (SSSR count). The lowest BCUT2D eigenvalue weighted by molar-refractivity contribution is 0.0697. The topological polar surface area (TPSA) is 49.8 Å². The molecule has 1 heterocycles. The van der Waals surface area contributed by atoms with Gasteiger partial charge in [0.1, 0.15) is 5.75 Å². The van der Waals surface area contributed by atoms with Crippen LogP contribution in [0.5, 0.6) is 5.75 Å². The van der Waals surface area contributed by atoms with E-state index in [9.17, 15) is 4.79 Å². The van der Waals surface area contributed by atoms with E-state index in [2.05, 4.69) is 4.90 Å². The highest BCUT2D eigenvalue weighted by molar-refractivity contribution is 5.88. The van der Waals surface area contributed by atoms with Crippen molar-refractivity contribution in [1.82, 2.24) is 0 Å². The van der Waals surface area contributed by atoms with Gasteiger partial charge < -0.3 is 14.7 Å². The van der Waals surface area contributed by atoms with Crippen LogP contribution in [0.1, 0.15) is 16.8 Å². The third-order valence-electron chi connectivity index (χ3n) is 3.37. The van der Waals surface area contributed by atoms with Crippen molar-refractivity contribution in [3.8, 4) is 5.75 Å². The Morgan fingerprint density at radius 3 is 2.60 bits per heavy atom. The number of ether oxygens (including phenoxy) is 1. The van der Waals surface area contributed by atoms with Gasteiger partial charge in [0, 0.05) is 12.2 Å². The fourth-order valence-electron chi connectivity index (χ4n) is 2.38. The Morgan fingerprint density at radius 1 is 1.10 bits per heavy atom. The number of hydrogen-bond donors (Lipinski definition) is 1. The van der Waals surface area contributed by atoms with E-state index in [4.69, 9.17) is 9.84 Å². The molecule has 0 saturated heterocycles. The summed E-state index contributed by atoms with van der Waals surface area (Å²) in [5.74, 6) is -0.0385. The smallest absolute Gasteiger partial charge is 0.335 e. The molecule has 20 heavy (non-hydrogen) atoms. The van der Waals surface area contributed by atoms with Crippen molar-refractivity contribution < 1.29 is 14.6 Å². The van der Waals surface area contributed by atoms with Crippen LogP contribution in [-0.2, 0) is 0 Å². The summed E-state index contributed by atoms with van der Waals surface area (Å²) in [7, 11) is 0. The standard InChI is InChI=1S/C16H15NO3/c18-16(19)12-6-8-13(9-7-12)17-10-3-11-20-15-5-2-1-4-14(15)17/h1-2,4-9H,3,10-11H2,(H,18,19). The van der Waals surface area contributed by atoms with Gasteiger partial charge in [0.25, 0.3) is 0 Å². The van der Waals surface area contributed by atoms with Gasteiger partial charge in [-0.1, -0.05) is 12.1 Å². The van der Waals surface area contributed by atoms with Crippen molar-refractivity contribution in [2.75, 3.05) is 18.1 Å². The van der Waals surface area contributed by atoms with Crippen LogP contribution in [0.2, 0.25) is 0 Å². The summed E-state index contributed by atoms with van der Waals surface area (Å²) >= 11 is 0. The van der Waals surface area contributed by atoms with Gasteiger partial charge in [0.15, 0.2) is 0 Å². The molecule has 0 aromatic heterocycles. The fraction of sp³-hybridized carbons (Fsp3) is 0.188. The van der Waals surface area contributed by atoms with Crippen LogP contribution in [-0.4, -0.2) is 24.2 Å². The summed E-state index contributed by atoms with van der Waals surface area (Å²) in [6.07, 6.45) is 0.926. The number of carboxylic acid groups (broad SMARTS) is 1. The number of carbonyl (C=O) groups is 1. The summed E-state index contributed by atoms with van der Waals surface area (Å²) < 4.78 is 5.73. The Kier molecular flexibility index (Phi) is 3.29. The Balaban J connectivity index is 1.98. The molecule has 4 nitrogen and oxygen atoms in total. The van der Waals surface area contributed by atoms with E-state index >= 15 is 0 Å². The minimum Gasteiger partial charge on any atom is -0.491 e. The molecular weight excluding hydrogens is 254 g/mol. The molecule has 0 saturated carbocycles. The maximum atomic E-state index is 10.9. The van der Waals surface area contributed by atoms with Gasteiger partial charge in [0.2, 0.25) is 0 Å². The average molecular weight is 269 g/mol. The first-order valence-electron chi connectivity index (χ1n) is 6.58. The number of aromatic carboxylic acids is 1. The lowest BCUT2D eigenvalue weighted by Gasteiger charge is -2.23. The molecular formula is C16H15NO3. The molecule has 0 aliphatic carbocycles. The van der Waals surface area contributed by atoms with Crippen LogP contribution >= 0.6 is 0 Å². The van der Waals surface area contributed by atoms with Gasteiger partial charge in [-0.05, 0) is 42.8 Å². The first-order chi connectivity index (χ1) is 9.75. The van der Waals surface area contributed by atoms with Gasteiger partial charge in [-0.3, -0.25) is 0 Å². The first kappa shape index (κ1) is 12.5. The summed E-state index contributed by atoms with van der Waals surface area (Å²) in [6.45, 7) is 1.55. The van der Waals surface area contributed by atoms with Crippen LogP contribution in [0.3, 0.4) is 0 Å². The Hall–Kier alpha value is -2.49. The van der Waals surface area contributed by atoms with E-state index in [-0.39, 0.29) is 0 Å². The number of anilines is 2. The monoisotopic (exact) mass is 269 g/mol. The summed E-state index contributed by atoms with van der Waals surface area (Å²) in [5.41, 5.74) is 2.30. The molecule has 0 spiro atoms. The molecule has 0 amide bonds. The largest absolute Gasteiger partial charge is 0.491 e. The lowest BCUT2D eigenvalue weighted by Crippen LogP contribution is -2.17. The summed E-state index contributed by atoms with van der Waals surface area (Å²) in [4.78, 5) is 13.1. The zero-order valence-electron chi connectivity index (χ0n) is 11.0. The maximum Gasteiger partial charge on any atom is 0.335 e. The maximum absolute atomic E-state index is 10.9. The van der Waals surface area contributed by atoms with Crippen LogP contribution in [0, 0.1) is 0 Å². The zero-order valence-corrected chi connectivity index (χ0v) is 11.0. The van der Waals surface area contributed by atoms with Crippen molar-refractivity contribution in [1.29, 1.82) is 0 Å². The lowest BCUT2D eigenvalue weighted by atomic mass is 10.1. The number of rotatable bonds is 2. The number of carboxylic acids is 1. The van der Waals surface area contributed by atoms with Gasteiger partial charge in [0.05, 0.1) is 17.9 Å². The van der Waals surface area contributed by atoms with Crippen LogP contribution in [0.25, 0.3) is 0 Å². The molecule has 1 aliphatic rings. The third kappa shape index (κ3) is 2.32. The van der Waals surface area contributed by atoms with Crippen molar-refractivity contribution in [3.05, 3.63) is 54.1 Å². The predicted octanol–water partition coefficient (Wildman–Crippen LogP) is 3.31. The Morgan fingerprint density at radius 2 is 1.85 bits per heavy atom. The number of nitrogens with zero attached hydrogens (tertiary/aromatic N) is 1. The fourth-order valence-corrected chi connectivity index (χ4v) is 2.38. The first-order valence-corrected chi connectivity index (χ1v) is 6.58. The molecule has 2 aromatic rings. The second-order valence-electron chi connectivity index (χ2n) is 4.67. The molecule has 0 bridgehead atoms. The number of benzene rings is 2. The highest BCUT2D eigenvalue weighted by Crippen LogP contribution is 2.35. The Bertz CT molecular complexity index is 622. The second-order valence-corrected chi connectivity index (χ2v) is 4.67. The van der Waals surface area contributed by atoms with Gasteiger partial charge in [-0.25, -0.2) is 4.79 Å². The molecule has 0 radical (unpaired) electrons. The molecule has 0 atom stereocenters. The minimum atomic E-state index is -0.906.